The number of amides is 2. The Bertz CT molecular complexity index is 808. The van der Waals surface area contributed by atoms with Gasteiger partial charge >= 0.3 is 6.03 Å². The van der Waals surface area contributed by atoms with Gasteiger partial charge in [0.15, 0.2) is 0 Å². The largest absolute Gasteiger partial charge is 0.497 e. The number of hydrogen-bond donors (Lipinski definition) is 2. The van der Waals surface area contributed by atoms with Crippen LogP contribution in [0.15, 0.2) is 54.6 Å². The van der Waals surface area contributed by atoms with Crippen LogP contribution in [0.4, 0.5) is 10.5 Å². The lowest BCUT2D eigenvalue weighted by Gasteiger charge is -2.20. The summed E-state index contributed by atoms with van der Waals surface area (Å²) in [6.45, 7) is 0.597. The minimum atomic E-state index is -3.41. The van der Waals surface area contributed by atoms with Crippen molar-refractivity contribution in [3.8, 4) is 5.75 Å². The van der Waals surface area contributed by atoms with Crippen molar-refractivity contribution in [3.05, 3.63) is 60.2 Å². The minimum Gasteiger partial charge on any atom is -0.497 e. The van der Waals surface area contributed by atoms with E-state index in [0.29, 0.717) is 11.4 Å². The Hall–Kier alpha value is -2.58. The molecule has 0 saturated carbocycles. The van der Waals surface area contributed by atoms with Crippen LogP contribution in [-0.4, -0.2) is 45.2 Å². The molecule has 0 atom stereocenters. The highest BCUT2D eigenvalue weighted by Crippen LogP contribution is 2.14. The maximum absolute atomic E-state index is 12.0. The molecule has 0 heterocycles. The van der Waals surface area contributed by atoms with E-state index in [0.717, 1.165) is 11.8 Å². The molecule has 0 bridgehead atoms. The summed E-state index contributed by atoms with van der Waals surface area (Å²) in [5.41, 5.74) is 1.51. The zero-order chi connectivity index (χ0) is 19.0. The number of nitrogens with one attached hydrogen (secondary N) is 2. The lowest BCUT2D eigenvalue weighted by atomic mass is 10.2. The maximum atomic E-state index is 12.0. The molecule has 2 amide bonds. The summed E-state index contributed by atoms with van der Waals surface area (Å²) in [7, 11) is -1.83. The summed E-state index contributed by atoms with van der Waals surface area (Å²) in [6.07, 6.45) is 1.15. The van der Waals surface area contributed by atoms with Gasteiger partial charge in [-0.05, 0) is 29.8 Å². The number of anilines is 1. The molecule has 0 aromatic heterocycles. The number of carbonyl (C=O) groups excluding carboxylic acids is 1. The average molecular weight is 377 g/mol. The number of urea groups is 1. The summed E-state index contributed by atoms with van der Waals surface area (Å²) >= 11 is 0. The van der Waals surface area contributed by atoms with Crippen molar-refractivity contribution >= 4 is 21.7 Å². The van der Waals surface area contributed by atoms with Crippen LogP contribution in [-0.2, 0) is 16.6 Å². The topological polar surface area (TPSA) is 87.7 Å². The molecule has 2 aromatic carbocycles. The molecule has 0 aliphatic rings. The Balaban J connectivity index is 1.88. The van der Waals surface area contributed by atoms with Crippen LogP contribution in [0.3, 0.4) is 0 Å². The van der Waals surface area contributed by atoms with E-state index in [4.69, 9.17) is 4.74 Å². The molecule has 0 saturated heterocycles. The fraction of sp³-hybridized carbons (Fsp3) is 0.278. The van der Waals surface area contributed by atoms with Gasteiger partial charge < -0.3 is 15.4 Å². The number of para-hydroxylation sites is 1. The van der Waals surface area contributed by atoms with Crippen LogP contribution in [0.5, 0.6) is 5.75 Å². The molecular weight excluding hydrogens is 354 g/mol. The summed E-state index contributed by atoms with van der Waals surface area (Å²) < 4.78 is 30.4. The number of nitrogens with zero attached hydrogens (tertiary/aromatic N) is 1. The summed E-state index contributed by atoms with van der Waals surface area (Å²) in [5.74, 6) is 0.707. The Labute approximate surface area is 154 Å². The summed E-state index contributed by atoms with van der Waals surface area (Å²) in [6, 6.07) is 15.8. The van der Waals surface area contributed by atoms with E-state index < -0.39 is 10.0 Å². The second kappa shape index (κ2) is 9.21. The van der Waals surface area contributed by atoms with Gasteiger partial charge in [0.25, 0.3) is 0 Å². The predicted octanol–water partition coefficient (Wildman–Crippen LogP) is 2.28. The van der Waals surface area contributed by atoms with E-state index in [-0.39, 0.29) is 25.7 Å². The highest BCUT2D eigenvalue weighted by molar-refractivity contribution is 7.88. The maximum Gasteiger partial charge on any atom is 0.319 e. The number of carbonyl (C=O) groups is 1. The van der Waals surface area contributed by atoms with Crippen LogP contribution in [0.25, 0.3) is 0 Å². The predicted molar refractivity (Wildman–Crippen MR) is 102 cm³/mol. The molecule has 0 fully saturated rings. The average Bonchev–Trinajstić information content (AvgIpc) is 2.61. The molecule has 140 valence electrons. The summed E-state index contributed by atoms with van der Waals surface area (Å²) in [4.78, 5) is 11.9. The lowest BCUT2D eigenvalue weighted by Crippen LogP contribution is -2.39. The lowest BCUT2D eigenvalue weighted by molar-refractivity contribution is 0.251. The Kier molecular flexibility index (Phi) is 6.99. The minimum absolute atomic E-state index is 0.174. The molecular formula is C18H23N3O4S. The van der Waals surface area contributed by atoms with Gasteiger partial charge in [-0.1, -0.05) is 30.3 Å². The van der Waals surface area contributed by atoms with Gasteiger partial charge in [-0.25, -0.2) is 13.2 Å². The van der Waals surface area contributed by atoms with E-state index in [9.17, 15) is 13.2 Å². The third-order valence-corrected chi connectivity index (χ3v) is 4.92. The Morgan fingerprint density at radius 3 is 2.31 bits per heavy atom. The quantitative estimate of drug-likeness (QED) is 0.739. The van der Waals surface area contributed by atoms with E-state index >= 15 is 0 Å². The van der Waals surface area contributed by atoms with Gasteiger partial charge in [0.05, 0.1) is 13.4 Å². The smallest absolute Gasteiger partial charge is 0.319 e. The SMILES string of the molecule is COc1ccc(CN(CCNC(=O)Nc2ccccc2)S(C)(=O)=O)cc1. The number of sulfonamides is 1. The Morgan fingerprint density at radius 1 is 1.08 bits per heavy atom. The van der Waals surface area contributed by atoms with Gasteiger partial charge in [-0.2, -0.15) is 4.31 Å². The van der Waals surface area contributed by atoms with Gasteiger partial charge in [0, 0.05) is 25.3 Å². The zero-order valence-corrected chi connectivity index (χ0v) is 15.6. The van der Waals surface area contributed by atoms with Crippen molar-refractivity contribution in [1.29, 1.82) is 0 Å². The van der Waals surface area contributed by atoms with E-state index in [1.54, 1.807) is 31.4 Å². The van der Waals surface area contributed by atoms with Crippen LogP contribution in [0, 0.1) is 0 Å². The molecule has 0 aliphatic carbocycles. The normalized spacial score (nSPS) is 11.2. The molecule has 2 N–H and O–H groups in total. The van der Waals surface area contributed by atoms with Crippen molar-refractivity contribution in [2.45, 2.75) is 6.54 Å². The van der Waals surface area contributed by atoms with Gasteiger partial charge in [-0.15, -0.1) is 0 Å². The van der Waals surface area contributed by atoms with Crippen LogP contribution < -0.4 is 15.4 Å². The first-order valence-corrected chi connectivity index (χ1v) is 9.91. The van der Waals surface area contributed by atoms with Crippen molar-refractivity contribution in [1.82, 2.24) is 9.62 Å². The molecule has 0 aliphatic heterocycles. The first kappa shape index (κ1) is 19.7. The molecule has 0 spiro atoms. The van der Waals surface area contributed by atoms with Gasteiger partial charge in [0.1, 0.15) is 5.75 Å². The van der Waals surface area contributed by atoms with Crippen molar-refractivity contribution in [3.63, 3.8) is 0 Å². The number of benzene rings is 2. The third-order valence-electron chi connectivity index (χ3n) is 3.67. The fourth-order valence-corrected chi connectivity index (χ4v) is 3.09. The number of methoxy groups -OCH3 is 1. The molecule has 7 nitrogen and oxygen atoms in total. The molecule has 0 radical (unpaired) electrons. The fourth-order valence-electron chi connectivity index (χ4n) is 2.29. The second-order valence-electron chi connectivity index (χ2n) is 5.69. The zero-order valence-electron chi connectivity index (χ0n) is 14.8. The first-order valence-electron chi connectivity index (χ1n) is 8.06. The second-order valence-corrected chi connectivity index (χ2v) is 7.67. The van der Waals surface area contributed by atoms with Crippen LogP contribution in [0.2, 0.25) is 0 Å². The molecule has 2 rings (SSSR count). The van der Waals surface area contributed by atoms with E-state index in [1.807, 2.05) is 30.3 Å². The van der Waals surface area contributed by atoms with Crippen molar-refractivity contribution < 1.29 is 17.9 Å². The van der Waals surface area contributed by atoms with Gasteiger partial charge in [-0.3, -0.25) is 0 Å². The highest BCUT2D eigenvalue weighted by Gasteiger charge is 2.17. The monoisotopic (exact) mass is 377 g/mol. The molecule has 26 heavy (non-hydrogen) atoms. The Morgan fingerprint density at radius 2 is 1.73 bits per heavy atom. The number of rotatable bonds is 8. The third kappa shape index (κ3) is 6.38. The van der Waals surface area contributed by atoms with Crippen LogP contribution in [0.1, 0.15) is 5.56 Å². The summed E-state index contributed by atoms with van der Waals surface area (Å²) in [5, 5.41) is 5.35. The van der Waals surface area contributed by atoms with Crippen LogP contribution >= 0.6 is 0 Å². The van der Waals surface area contributed by atoms with E-state index in [2.05, 4.69) is 10.6 Å². The first-order chi connectivity index (χ1) is 12.4. The van der Waals surface area contributed by atoms with Crippen molar-refractivity contribution in [2.75, 3.05) is 31.8 Å². The molecule has 0 unspecified atom stereocenters. The number of ether oxygens (including phenoxy) is 1. The number of hydrogen-bond acceptors (Lipinski definition) is 4. The van der Waals surface area contributed by atoms with Gasteiger partial charge in [0.2, 0.25) is 10.0 Å². The molecule has 8 heteroatoms. The standard InChI is InChI=1S/C18H23N3O4S/c1-25-17-10-8-15(9-11-17)14-21(26(2,23)24)13-12-19-18(22)20-16-6-4-3-5-7-16/h3-11H,12-14H2,1-2H3,(H2,19,20,22). The van der Waals surface area contributed by atoms with E-state index in [1.165, 1.54) is 4.31 Å². The van der Waals surface area contributed by atoms with Crippen molar-refractivity contribution in [2.24, 2.45) is 0 Å². The molecule has 2 aromatic rings. The highest BCUT2D eigenvalue weighted by atomic mass is 32.2.